The van der Waals surface area contributed by atoms with E-state index in [1.165, 1.54) is 0 Å². The van der Waals surface area contributed by atoms with Gasteiger partial charge in [0.05, 0.1) is 13.3 Å². The van der Waals surface area contributed by atoms with Gasteiger partial charge in [-0.15, -0.1) is 0 Å². The van der Waals surface area contributed by atoms with Gasteiger partial charge < -0.3 is 9.72 Å². The minimum atomic E-state index is -0.298. The van der Waals surface area contributed by atoms with Crippen molar-refractivity contribution in [3.8, 4) is 5.75 Å². The van der Waals surface area contributed by atoms with Crippen LogP contribution in [0.25, 0.3) is 10.9 Å². The van der Waals surface area contributed by atoms with E-state index >= 15 is 0 Å². The molecule has 3 aromatic rings. The number of aryl methyl sites for hydroxylation is 1. The van der Waals surface area contributed by atoms with Crippen LogP contribution in [-0.2, 0) is 0 Å². The van der Waals surface area contributed by atoms with Gasteiger partial charge in [-0.25, -0.2) is 5.43 Å². The lowest BCUT2D eigenvalue weighted by atomic mass is 10.1. The zero-order valence-electron chi connectivity index (χ0n) is 13.3. The van der Waals surface area contributed by atoms with E-state index in [1.807, 2.05) is 37.3 Å². The number of halogens is 1. The van der Waals surface area contributed by atoms with Crippen LogP contribution >= 0.6 is 11.6 Å². The van der Waals surface area contributed by atoms with Crippen LogP contribution in [0.15, 0.2) is 47.6 Å². The molecule has 0 bridgehead atoms. The average Bonchev–Trinajstić information content (AvgIpc) is 2.93. The number of nitrogens with zero attached hydrogens (tertiary/aromatic N) is 1. The Hall–Kier alpha value is -2.79. The number of aromatic nitrogens is 1. The van der Waals surface area contributed by atoms with Crippen LogP contribution in [0.4, 0.5) is 0 Å². The Kier molecular flexibility index (Phi) is 4.53. The molecule has 0 atom stereocenters. The Morgan fingerprint density at radius 2 is 2.00 bits per heavy atom. The Labute approximate surface area is 144 Å². The van der Waals surface area contributed by atoms with Crippen molar-refractivity contribution in [2.24, 2.45) is 5.10 Å². The zero-order chi connectivity index (χ0) is 17.1. The van der Waals surface area contributed by atoms with Crippen LogP contribution in [0.1, 0.15) is 21.6 Å². The van der Waals surface area contributed by atoms with E-state index in [1.54, 1.807) is 25.5 Å². The molecule has 6 heteroatoms. The maximum Gasteiger partial charge on any atom is 0.288 e. The van der Waals surface area contributed by atoms with E-state index in [4.69, 9.17) is 16.3 Å². The molecule has 0 aliphatic rings. The Morgan fingerprint density at radius 1 is 1.25 bits per heavy atom. The molecule has 0 spiro atoms. The molecule has 0 unspecified atom stereocenters. The number of H-pyrrole nitrogens is 1. The average molecular weight is 342 g/mol. The molecule has 3 rings (SSSR count). The van der Waals surface area contributed by atoms with Gasteiger partial charge in [-0.05, 0) is 42.3 Å². The van der Waals surface area contributed by atoms with Crippen LogP contribution < -0.4 is 10.2 Å². The molecule has 122 valence electrons. The first-order chi connectivity index (χ1) is 11.6. The second kappa shape index (κ2) is 6.76. The largest absolute Gasteiger partial charge is 0.497 e. The van der Waals surface area contributed by atoms with E-state index < -0.39 is 0 Å². The summed E-state index contributed by atoms with van der Waals surface area (Å²) in [5.41, 5.74) is 5.56. The summed E-state index contributed by atoms with van der Waals surface area (Å²) in [6.45, 7) is 1.89. The number of nitrogens with one attached hydrogen (secondary N) is 2. The first kappa shape index (κ1) is 16.1. The second-order valence-electron chi connectivity index (χ2n) is 5.29. The fourth-order valence-corrected chi connectivity index (χ4v) is 2.57. The van der Waals surface area contributed by atoms with Gasteiger partial charge in [0.25, 0.3) is 5.91 Å². The number of carbonyl (C=O) groups is 1. The smallest absolute Gasteiger partial charge is 0.288 e. The van der Waals surface area contributed by atoms with Gasteiger partial charge in [0.2, 0.25) is 0 Å². The predicted molar refractivity (Wildman–Crippen MR) is 96.1 cm³/mol. The van der Waals surface area contributed by atoms with E-state index in [0.717, 1.165) is 27.8 Å². The highest BCUT2D eigenvalue weighted by molar-refractivity contribution is 6.30. The Bertz CT molecular complexity index is 914. The molecule has 5 nitrogen and oxygen atoms in total. The lowest BCUT2D eigenvalue weighted by molar-refractivity contribution is 0.0950. The molecule has 0 saturated carbocycles. The highest BCUT2D eigenvalue weighted by Gasteiger charge is 2.14. The number of ether oxygens (including phenoxy) is 1. The minimum Gasteiger partial charge on any atom is -0.497 e. The molecule has 2 N–H and O–H groups in total. The third-order valence-electron chi connectivity index (χ3n) is 3.74. The number of fused-ring (bicyclic) bond motifs is 1. The van der Waals surface area contributed by atoms with Gasteiger partial charge in [0.1, 0.15) is 11.4 Å². The number of hydrogen-bond acceptors (Lipinski definition) is 3. The predicted octanol–water partition coefficient (Wildman–Crippen LogP) is 3.90. The highest BCUT2D eigenvalue weighted by Crippen LogP contribution is 2.25. The quantitative estimate of drug-likeness (QED) is 0.558. The topological polar surface area (TPSA) is 66.5 Å². The van der Waals surface area contributed by atoms with Crippen molar-refractivity contribution in [3.05, 3.63) is 64.3 Å². The van der Waals surface area contributed by atoms with Crippen LogP contribution in [0.2, 0.25) is 5.02 Å². The number of hydrazone groups is 1. The van der Waals surface area contributed by atoms with E-state index in [2.05, 4.69) is 15.5 Å². The van der Waals surface area contributed by atoms with E-state index in [0.29, 0.717) is 10.7 Å². The Morgan fingerprint density at radius 3 is 2.71 bits per heavy atom. The molecule has 24 heavy (non-hydrogen) atoms. The first-order valence-electron chi connectivity index (χ1n) is 7.34. The lowest BCUT2D eigenvalue weighted by Gasteiger charge is -1.99. The minimum absolute atomic E-state index is 0.298. The maximum atomic E-state index is 12.3. The Balaban J connectivity index is 1.78. The van der Waals surface area contributed by atoms with Crippen LogP contribution in [0.3, 0.4) is 0 Å². The zero-order valence-corrected chi connectivity index (χ0v) is 14.0. The van der Waals surface area contributed by atoms with Gasteiger partial charge >= 0.3 is 0 Å². The van der Waals surface area contributed by atoms with Crippen molar-refractivity contribution in [3.63, 3.8) is 0 Å². The summed E-state index contributed by atoms with van der Waals surface area (Å²) >= 11 is 5.83. The third-order valence-corrected chi connectivity index (χ3v) is 3.99. The number of rotatable bonds is 4. The van der Waals surface area contributed by atoms with Crippen molar-refractivity contribution in [1.82, 2.24) is 10.4 Å². The molecule has 1 amide bonds. The van der Waals surface area contributed by atoms with Crippen molar-refractivity contribution >= 4 is 34.6 Å². The standard InChI is InChI=1S/C18H16ClN3O2/c1-11-15-8-7-14(24-2)9-16(15)21-17(11)18(23)22-20-10-12-3-5-13(19)6-4-12/h3-10,21H,1-2H3,(H,22,23). The molecule has 0 fully saturated rings. The van der Waals surface area contributed by atoms with Crippen molar-refractivity contribution in [1.29, 1.82) is 0 Å². The molecule has 1 aromatic heterocycles. The summed E-state index contributed by atoms with van der Waals surface area (Å²) in [5.74, 6) is 0.435. The SMILES string of the molecule is COc1ccc2c(C)c(C(=O)NN=Cc3ccc(Cl)cc3)[nH]c2c1. The number of hydrogen-bond donors (Lipinski definition) is 2. The van der Waals surface area contributed by atoms with Crippen molar-refractivity contribution in [2.45, 2.75) is 6.92 Å². The number of methoxy groups -OCH3 is 1. The summed E-state index contributed by atoms with van der Waals surface area (Å²) in [7, 11) is 1.61. The number of benzene rings is 2. The molecule has 2 aromatic carbocycles. The van der Waals surface area contributed by atoms with Crippen LogP contribution in [0.5, 0.6) is 5.75 Å². The van der Waals surface area contributed by atoms with E-state index in [-0.39, 0.29) is 5.91 Å². The van der Waals surface area contributed by atoms with Crippen molar-refractivity contribution in [2.75, 3.05) is 7.11 Å². The first-order valence-corrected chi connectivity index (χ1v) is 7.71. The van der Waals surface area contributed by atoms with Gasteiger partial charge in [0.15, 0.2) is 0 Å². The molecule has 0 aliphatic carbocycles. The molecular formula is C18H16ClN3O2. The fraction of sp³-hybridized carbons (Fsp3) is 0.111. The molecule has 1 heterocycles. The number of aromatic amines is 1. The van der Waals surface area contributed by atoms with Gasteiger partial charge in [-0.2, -0.15) is 5.10 Å². The lowest BCUT2D eigenvalue weighted by Crippen LogP contribution is -2.18. The monoisotopic (exact) mass is 341 g/mol. The molecule has 0 saturated heterocycles. The van der Waals surface area contributed by atoms with Gasteiger partial charge in [-0.3, -0.25) is 4.79 Å². The molecular weight excluding hydrogens is 326 g/mol. The third kappa shape index (κ3) is 3.26. The number of carbonyl (C=O) groups excluding carboxylic acids is 1. The van der Waals surface area contributed by atoms with E-state index in [9.17, 15) is 4.79 Å². The summed E-state index contributed by atoms with van der Waals surface area (Å²) in [4.78, 5) is 15.4. The van der Waals surface area contributed by atoms with Crippen LogP contribution in [-0.4, -0.2) is 24.2 Å². The second-order valence-corrected chi connectivity index (χ2v) is 5.72. The summed E-state index contributed by atoms with van der Waals surface area (Å²) < 4.78 is 5.20. The van der Waals surface area contributed by atoms with Crippen LogP contribution in [0, 0.1) is 6.92 Å². The summed E-state index contributed by atoms with van der Waals surface area (Å²) in [6, 6.07) is 12.8. The molecule has 0 radical (unpaired) electrons. The fourth-order valence-electron chi connectivity index (χ4n) is 2.44. The normalized spacial score (nSPS) is 11.1. The maximum absolute atomic E-state index is 12.3. The highest BCUT2D eigenvalue weighted by atomic mass is 35.5. The van der Waals surface area contributed by atoms with Gasteiger partial charge in [0, 0.05) is 22.0 Å². The number of amides is 1. The van der Waals surface area contributed by atoms with Gasteiger partial charge in [-0.1, -0.05) is 23.7 Å². The molecule has 0 aliphatic heterocycles. The summed E-state index contributed by atoms with van der Waals surface area (Å²) in [5, 5.41) is 5.61. The summed E-state index contributed by atoms with van der Waals surface area (Å²) in [6.07, 6.45) is 1.56. The van der Waals surface area contributed by atoms with Crippen molar-refractivity contribution < 1.29 is 9.53 Å².